The summed E-state index contributed by atoms with van der Waals surface area (Å²) in [6.07, 6.45) is 1.14. The van der Waals surface area contributed by atoms with Gasteiger partial charge in [0.25, 0.3) is 0 Å². The first-order chi connectivity index (χ1) is 2.77. The molecule has 0 amide bonds. The van der Waals surface area contributed by atoms with Gasteiger partial charge in [-0.15, -0.1) is 11.6 Å². The molecule has 0 rings (SSSR count). The van der Waals surface area contributed by atoms with Gasteiger partial charge in [-0.25, -0.2) is 0 Å². The van der Waals surface area contributed by atoms with E-state index < -0.39 is 0 Å². The van der Waals surface area contributed by atoms with Gasteiger partial charge in [-0.3, -0.25) is 0 Å². The molecule has 0 spiro atoms. The standard InChI is InChI=1S/C5H11Cl.Mg.2H/c1-5(2)3-4-6;;;/h5H,3-4H2,1-2H3;;;. The van der Waals surface area contributed by atoms with Crippen LogP contribution in [0.3, 0.4) is 0 Å². The fourth-order valence-corrected chi connectivity index (χ4v) is 0.655. The van der Waals surface area contributed by atoms with Crippen LogP contribution in [0.15, 0.2) is 0 Å². The fourth-order valence-electron chi connectivity index (χ4n) is 0.218. The Balaban J connectivity index is 0. The Morgan fingerprint density at radius 3 is 1.86 bits per heavy atom. The van der Waals surface area contributed by atoms with Crippen molar-refractivity contribution in [2.75, 3.05) is 5.88 Å². The van der Waals surface area contributed by atoms with Crippen LogP contribution in [0.5, 0.6) is 0 Å². The molecule has 42 valence electrons. The van der Waals surface area contributed by atoms with Gasteiger partial charge in [0, 0.05) is 5.88 Å². The molecule has 0 bridgehead atoms. The lowest BCUT2D eigenvalue weighted by atomic mass is 10.2. The van der Waals surface area contributed by atoms with Crippen LogP contribution in [0.2, 0.25) is 0 Å². The highest BCUT2D eigenvalue weighted by molar-refractivity contribution is 6.17. The van der Waals surface area contributed by atoms with Gasteiger partial charge in [-0.2, -0.15) is 0 Å². The Labute approximate surface area is 66.8 Å². The molecule has 0 atom stereocenters. The van der Waals surface area contributed by atoms with Crippen LogP contribution in [0.25, 0.3) is 0 Å². The molecular formula is C5H13ClMg. The van der Waals surface area contributed by atoms with Crippen molar-refractivity contribution in [2.45, 2.75) is 20.3 Å². The SMILES string of the molecule is CC(C)CCCl.[MgH2]. The third-order valence-electron chi connectivity index (χ3n) is 0.686. The van der Waals surface area contributed by atoms with Gasteiger partial charge in [0.1, 0.15) is 0 Å². The van der Waals surface area contributed by atoms with Gasteiger partial charge in [0.2, 0.25) is 0 Å². The summed E-state index contributed by atoms with van der Waals surface area (Å²) in [5.41, 5.74) is 0. The van der Waals surface area contributed by atoms with Crippen LogP contribution < -0.4 is 0 Å². The Morgan fingerprint density at radius 2 is 1.86 bits per heavy atom. The van der Waals surface area contributed by atoms with Gasteiger partial charge in [-0.1, -0.05) is 13.8 Å². The summed E-state index contributed by atoms with van der Waals surface area (Å²) in [5, 5.41) is 0. The first kappa shape index (κ1) is 10.9. The molecule has 0 aliphatic carbocycles. The van der Waals surface area contributed by atoms with Crippen LogP contribution in [0.4, 0.5) is 0 Å². The monoisotopic (exact) mass is 132 g/mol. The zero-order valence-corrected chi connectivity index (χ0v) is 5.13. The largest absolute Gasteiger partial charge is 0.316 e. The minimum atomic E-state index is 0. The third-order valence-corrected chi connectivity index (χ3v) is 0.905. The fraction of sp³-hybridized carbons (Fsp3) is 1.00. The molecule has 0 heterocycles. The van der Waals surface area contributed by atoms with Crippen molar-refractivity contribution >= 4 is 34.7 Å². The van der Waals surface area contributed by atoms with Crippen LogP contribution in [-0.4, -0.2) is 28.9 Å². The van der Waals surface area contributed by atoms with E-state index in [-0.39, 0.29) is 23.1 Å². The normalized spacial score (nSPS) is 8.57. The summed E-state index contributed by atoms with van der Waals surface area (Å²) in [4.78, 5) is 0. The highest BCUT2D eigenvalue weighted by Crippen LogP contribution is 1.98. The predicted molar refractivity (Wildman–Crippen MR) is 38.7 cm³/mol. The van der Waals surface area contributed by atoms with Crippen molar-refractivity contribution in [3.05, 3.63) is 0 Å². The van der Waals surface area contributed by atoms with E-state index in [0.717, 1.165) is 18.2 Å². The Morgan fingerprint density at radius 1 is 1.43 bits per heavy atom. The molecule has 7 heavy (non-hydrogen) atoms. The van der Waals surface area contributed by atoms with Crippen molar-refractivity contribution in [1.82, 2.24) is 0 Å². The van der Waals surface area contributed by atoms with Crippen LogP contribution in [0, 0.1) is 5.92 Å². The number of halogens is 1. The predicted octanol–water partition coefficient (Wildman–Crippen LogP) is 1.36. The van der Waals surface area contributed by atoms with Crippen LogP contribution in [0.1, 0.15) is 20.3 Å². The average Bonchev–Trinajstić information content (AvgIpc) is 1.35. The second kappa shape index (κ2) is 7.06. The van der Waals surface area contributed by atoms with E-state index in [0.29, 0.717) is 0 Å². The molecule has 0 unspecified atom stereocenters. The minimum Gasteiger partial charge on any atom is -0.127 e. The molecule has 0 nitrogen and oxygen atoms in total. The lowest BCUT2D eigenvalue weighted by Crippen LogP contribution is -1.85. The van der Waals surface area contributed by atoms with Crippen LogP contribution >= 0.6 is 11.6 Å². The van der Waals surface area contributed by atoms with Crippen molar-refractivity contribution in [3.8, 4) is 0 Å². The molecular weight excluding hydrogens is 120 g/mol. The van der Waals surface area contributed by atoms with E-state index >= 15 is 0 Å². The molecule has 0 N–H and O–H groups in total. The van der Waals surface area contributed by atoms with E-state index in [4.69, 9.17) is 11.6 Å². The van der Waals surface area contributed by atoms with Crippen molar-refractivity contribution in [2.24, 2.45) is 5.92 Å². The molecule has 0 aromatic carbocycles. The molecule has 0 aromatic rings. The summed E-state index contributed by atoms with van der Waals surface area (Å²) < 4.78 is 0. The van der Waals surface area contributed by atoms with Gasteiger partial charge >= 0.3 is 23.1 Å². The number of hydrogen-bond acceptors (Lipinski definition) is 0. The first-order valence-corrected chi connectivity index (χ1v) is 2.86. The van der Waals surface area contributed by atoms with E-state index in [1.807, 2.05) is 0 Å². The molecule has 2 heteroatoms. The highest BCUT2D eigenvalue weighted by Gasteiger charge is 1.86. The molecule has 0 fully saturated rings. The minimum absolute atomic E-state index is 0. The number of rotatable bonds is 2. The molecule has 0 aliphatic rings. The van der Waals surface area contributed by atoms with Crippen molar-refractivity contribution in [3.63, 3.8) is 0 Å². The number of alkyl halides is 1. The Bertz CT molecular complexity index is 29.3. The van der Waals surface area contributed by atoms with Crippen molar-refractivity contribution < 1.29 is 0 Å². The first-order valence-electron chi connectivity index (χ1n) is 2.33. The summed E-state index contributed by atoms with van der Waals surface area (Å²) in [5.74, 6) is 1.57. The second-order valence-corrected chi connectivity index (χ2v) is 2.25. The van der Waals surface area contributed by atoms with Crippen LogP contribution in [-0.2, 0) is 0 Å². The smallest absolute Gasteiger partial charge is 0.127 e. The molecule has 0 saturated heterocycles. The summed E-state index contributed by atoms with van der Waals surface area (Å²) in [6, 6.07) is 0. The zero-order valence-electron chi connectivity index (χ0n) is 4.37. The zero-order chi connectivity index (χ0) is 4.99. The summed E-state index contributed by atoms with van der Waals surface area (Å²) in [6.45, 7) is 4.34. The molecule has 0 saturated carbocycles. The third kappa shape index (κ3) is 11.0. The van der Waals surface area contributed by atoms with E-state index in [9.17, 15) is 0 Å². The van der Waals surface area contributed by atoms with Gasteiger partial charge in [0.05, 0.1) is 0 Å². The van der Waals surface area contributed by atoms with Gasteiger partial charge < -0.3 is 0 Å². The van der Waals surface area contributed by atoms with Crippen molar-refractivity contribution in [1.29, 1.82) is 0 Å². The van der Waals surface area contributed by atoms with E-state index in [1.165, 1.54) is 0 Å². The number of hydrogen-bond donors (Lipinski definition) is 0. The maximum atomic E-state index is 5.40. The maximum Gasteiger partial charge on any atom is 0.316 e. The summed E-state index contributed by atoms with van der Waals surface area (Å²) in [7, 11) is 0. The summed E-state index contributed by atoms with van der Waals surface area (Å²) >= 11 is 5.40. The molecule has 0 radical (unpaired) electrons. The average molecular weight is 133 g/mol. The molecule has 0 aromatic heterocycles. The maximum absolute atomic E-state index is 5.40. The quantitative estimate of drug-likeness (QED) is 0.394. The van der Waals surface area contributed by atoms with E-state index in [2.05, 4.69) is 13.8 Å². The Hall–Kier alpha value is 1.06. The Kier molecular flexibility index (Phi) is 11.0. The lowest BCUT2D eigenvalue weighted by Gasteiger charge is -1.94. The topological polar surface area (TPSA) is 0 Å². The highest BCUT2D eigenvalue weighted by atomic mass is 35.5. The molecule has 0 aliphatic heterocycles. The van der Waals surface area contributed by atoms with Gasteiger partial charge in [-0.05, 0) is 12.3 Å². The van der Waals surface area contributed by atoms with E-state index in [1.54, 1.807) is 0 Å². The van der Waals surface area contributed by atoms with Gasteiger partial charge in [0.15, 0.2) is 0 Å². The second-order valence-electron chi connectivity index (χ2n) is 1.87. The lowest BCUT2D eigenvalue weighted by molar-refractivity contribution is 0.630.